The molecule has 0 fully saturated rings. The third-order valence-electron chi connectivity index (χ3n) is 3.80. The van der Waals surface area contributed by atoms with Crippen LogP contribution < -0.4 is 25.4 Å². The third-order valence-corrected chi connectivity index (χ3v) is 3.80. The number of rotatable bonds is 10. The van der Waals surface area contributed by atoms with Crippen molar-refractivity contribution in [2.45, 2.75) is 6.92 Å². The van der Waals surface area contributed by atoms with Crippen molar-refractivity contribution in [1.82, 2.24) is 10.6 Å². The van der Waals surface area contributed by atoms with Crippen molar-refractivity contribution < 1.29 is 28.6 Å². The van der Waals surface area contributed by atoms with E-state index < -0.39 is 6.09 Å². The van der Waals surface area contributed by atoms with E-state index in [9.17, 15) is 14.4 Å². The van der Waals surface area contributed by atoms with Gasteiger partial charge >= 0.3 is 6.09 Å². The number of carbonyl (C=O) groups excluding carboxylic acids is 3. The maximum absolute atomic E-state index is 12.1. The zero-order valence-corrected chi connectivity index (χ0v) is 16.9. The molecule has 0 heterocycles. The standard InChI is InChI=1S/C21H25N3O6/c1-3-29-21(27)23-12-11-22-20(26)15-7-9-17(10-8-15)30-14-19(25)24-16-5-4-6-18(13-16)28-2/h4-10,13H,3,11-12,14H2,1-2H3,(H,22,26)(H,23,27)(H,24,25). The highest BCUT2D eigenvalue weighted by Gasteiger charge is 2.08. The lowest BCUT2D eigenvalue weighted by molar-refractivity contribution is -0.118. The number of hydrogen-bond donors (Lipinski definition) is 3. The van der Waals surface area contributed by atoms with Gasteiger partial charge in [0.05, 0.1) is 13.7 Å². The Morgan fingerprint density at radius 3 is 2.37 bits per heavy atom. The van der Waals surface area contributed by atoms with E-state index in [0.29, 0.717) is 22.7 Å². The van der Waals surface area contributed by atoms with Crippen LogP contribution in [0.15, 0.2) is 48.5 Å². The highest BCUT2D eigenvalue weighted by molar-refractivity contribution is 5.94. The van der Waals surface area contributed by atoms with Crippen molar-refractivity contribution in [1.29, 1.82) is 0 Å². The van der Waals surface area contributed by atoms with Crippen LogP contribution >= 0.6 is 0 Å². The Morgan fingerprint density at radius 2 is 1.67 bits per heavy atom. The number of alkyl carbamates (subject to hydrolysis) is 1. The molecule has 0 aliphatic carbocycles. The van der Waals surface area contributed by atoms with Gasteiger partial charge in [-0.2, -0.15) is 0 Å². The van der Waals surface area contributed by atoms with Gasteiger partial charge in [-0.25, -0.2) is 4.79 Å². The molecule has 2 rings (SSSR count). The minimum absolute atomic E-state index is 0.178. The molecule has 0 bridgehead atoms. The normalized spacial score (nSPS) is 9.93. The second-order valence-electron chi connectivity index (χ2n) is 6.00. The Morgan fingerprint density at radius 1 is 0.933 bits per heavy atom. The van der Waals surface area contributed by atoms with Gasteiger partial charge in [0.25, 0.3) is 11.8 Å². The molecule has 0 aromatic heterocycles. The molecule has 0 saturated carbocycles. The Labute approximate surface area is 174 Å². The van der Waals surface area contributed by atoms with E-state index in [2.05, 4.69) is 16.0 Å². The summed E-state index contributed by atoms with van der Waals surface area (Å²) in [6.07, 6.45) is -0.524. The van der Waals surface area contributed by atoms with Crippen LogP contribution in [0, 0.1) is 0 Å². The van der Waals surface area contributed by atoms with E-state index >= 15 is 0 Å². The van der Waals surface area contributed by atoms with E-state index in [-0.39, 0.29) is 38.1 Å². The van der Waals surface area contributed by atoms with Crippen molar-refractivity contribution in [3.63, 3.8) is 0 Å². The number of anilines is 1. The van der Waals surface area contributed by atoms with Crippen molar-refractivity contribution in [2.24, 2.45) is 0 Å². The fourth-order valence-electron chi connectivity index (χ4n) is 2.37. The molecule has 2 aromatic rings. The molecule has 3 amide bonds. The van der Waals surface area contributed by atoms with Gasteiger partial charge in [-0.15, -0.1) is 0 Å². The highest BCUT2D eigenvalue weighted by atomic mass is 16.5. The lowest BCUT2D eigenvalue weighted by Gasteiger charge is -2.10. The summed E-state index contributed by atoms with van der Waals surface area (Å²) in [4.78, 5) is 35.2. The molecule has 2 aromatic carbocycles. The summed E-state index contributed by atoms with van der Waals surface area (Å²) >= 11 is 0. The lowest BCUT2D eigenvalue weighted by Crippen LogP contribution is -2.34. The summed E-state index contributed by atoms with van der Waals surface area (Å²) in [5.41, 5.74) is 1.03. The number of ether oxygens (including phenoxy) is 3. The van der Waals surface area contributed by atoms with E-state index in [1.54, 1.807) is 62.6 Å². The van der Waals surface area contributed by atoms with E-state index in [1.165, 1.54) is 0 Å². The molecule has 9 nitrogen and oxygen atoms in total. The molecule has 0 aliphatic heterocycles. The fourth-order valence-corrected chi connectivity index (χ4v) is 2.37. The molecule has 0 aliphatic rings. The molecular weight excluding hydrogens is 390 g/mol. The summed E-state index contributed by atoms with van der Waals surface area (Å²) in [7, 11) is 1.55. The van der Waals surface area contributed by atoms with Gasteiger partial charge in [-0.1, -0.05) is 6.07 Å². The van der Waals surface area contributed by atoms with Gasteiger partial charge in [0.1, 0.15) is 11.5 Å². The van der Waals surface area contributed by atoms with Crippen molar-refractivity contribution in [3.05, 3.63) is 54.1 Å². The second kappa shape index (κ2) is 11.9. The Kier molecular flexibility index (Phi) is 8.98. The second-order valence-corrected chi connectivity index (χ2v) is 6.00. The van der Waals surface area contributed by atoms with Crippen LogP contribution in [0.5, 0.6) is 11.5 Å². The van der Waals surface area contributed by atoms with Crippen LogP contribution in [-0.2, 0) is 9.53 Å². The van der Waals surface area contributed by atoms with Crippen LogP contribution in [0.1, 0.15) is 17.3 Å². The average molecular weight is 415 g/mol. The largest absolute Gasteiger partial charge is 0.497 e. The van der Waals surface area contributed by atoms with Crippen LogP contribution in [0.2, 0.25) is 0 Å². The smallest absolute Gasteiger partial charge is 0.407 e. The number of benzene rings is 2. The van der Waals surface area contributed by atoms with E-state index in [1.807, 2.05) is 0 Å². The SMILES string of the molecule is CCOC(=O)NCCNC(=O)c1ccc(OCC(=O)Nc2cccc(OC)c2)cc1. The Bertz CT molecular complexity index is 854. The molecule has 0 spiro atoms. The molecular formula is C21H25N3O6. The fraction of sp³-hybridized carbons (Fsp3) is 0.286. The first-order chi connectivity index (χ1) is 14.5. The first-order valence-electron chi connectivity index (χ1n) is 9.37. The molecule has 0 unspecified atom stereocenters. The van der Waals surface area contributed by atoms with Crippen LogP contribution in [0.3, 0.4) is 0 Å². The summed E-state index contributed by atoms with van der Waals surface area (Å²) in [5, 5.41) is 7.90. The quantitative estimate of drug-likeness (QED) is 0.513. The van der Waals surface area contributed by atoms with E-state index in [4.69, 9.17) is 14.2 Å². The first-order valence-corrected chi connectivity index (χ1v) is 9.37. The molecule has 0 radical (unpaired) electrons. The van der Waals surface area contributed by atoms with Crippen LogP contribution in [0.25, 0.3) is 0 Å². The van der Waals surface area contributed by atoms with E-state index in [0.717, 1.165) is 0 Å². The minimum atomic E-state index is -0.524. The summed E-state index contributed by atoms with van der Waals surface area (Å²) in [6.45, 7) is 2.34. The number of methoxy groups -OCH3 is 1. The Hall–Kier alpha value is -3.75. The van der Waals surface area contributed by atoms with Gasteiger partial charge in [0.2, 0.25) is 0 Å². The van der Waals surface area contributed by atoms with Gasteiger partial charge < -0.3 is 30.2 Å². The average Bonchev–Trinajstić information content (AvgIpc) is 2.76. The molecule has 0 saturated heterocycles. The minimum Gasteiger partial charge on any atom is -0.497 e. The number of nitrogens with one attached hydrogen (secondary N) is 3. The van der Waals surface area contributed by atoms with Crippen molar-refractivity contribution >= 4 is 23.6 Å². The maximum atomic E-state index is 12.1. The highest BCUT2D eigenvalue weighted by Crippen LogP contribution is 2.17. The monoisotopic (exact) mass is 415 g/mol. The predicted molar refractivity (Wildman–Crippen MR) is 111 cm³/mol. The van der Waals surface area contributed by atoms with Gasteiger partial charge in [0, 0.05) is 30.4 Å². The summed E-state index contributed by atoms with van der Waals surface area (Å²) in [5.74, 6) is 0.484. The van der Waals surface area contributed by atoms with Gasteiger partial charge in [-0.3, -0.25) is 9.59 Å². The summed E-state index contributed by atoms with van der Waals surface area (Å²) < 4.78 is 15.3. The lowest BCUT2D eigenvalue weighted by atomic mass is 10.2. The zero-order chi connectivity index (χ0) is 21.8. The summed E-state index contributed by atoms with van der Waals surface area (Å²) in [6, 6.07) is 13.4. The van der Waals surface area contributed by atoms with Gasteiger partial charge in [0.15, 0.2) is 6.61 Å². The Balaban J connectivity index is 1.73. The van der Waals surface area contributed by atoms with Crippen molar-refractivity contribution in [3.8, 4) is 11.5 Å². The molecule has 160 valence electrons. The zero-order valence-electron chi connectivity index (χ0n) is 16.9. The van der Waals surface area contributed by atoms with Gasteiger partial charge in [-0.05, 0) is 43.3 Å². The molecule has 30 heavy (non-hydrogen) atoms. The molecule has 3 N–H and O–H groups in total. The van der Waals surface area contributed by atoms with Crippen molar-refractivity contribution in [2.75, 3.05) is 38.7 Å². The molecule has 0 atom stereocenters. The van der Waals surface area contributed by atoms with Crippen LogP contribution in [-0.4, -0.2) is 51.3 Å². The first kappa shape index (κ1) is 22.5. The molecule has 9 heteroatoms. The maximum Gasteiger partial charge on any atom is 0.407 e. The number of carbonyl (C=O) groups is 3. The number of hydrogen-bond acceptors (Lipinski definition) is 6. The third kappa shape index (κ3) is 7.70. The number of amides is 3. The van der Waals surface area contributed by atoms with Crippen LogP contribution in [0.4, 0.5) is 10.5 Å². The predicted octanol–water partition coefficient (Wildman–Crippen LogP) is 2.19. The topological polar surface area (TPSA) is 115 Å².